The largest absolute Gasteiger partial charge is 0.481 e. The third-order valence-corrected chi connectivity index (χ3v) is 4.86. The Kier molecular flexibility index (Phi) is 4.73. The lowest BCUT2D eigenvalue weighted by Crippen LogP contribution is -2.33. The minimum Gasteiger partial charge on any atom is -0.481 e. The van der Waals surface area contributed by atoms with Crippen LogP contribution in [0.1, 0.15) is 32.1 Å². The van der Waals surface area contributed by atoms with Crippen molar-refractivity contribution in [2.75, 3.05) is 19.3 Å². The normalized spacial score (nSPS) is 18.1. The SMILES string of the molecule is CN(CC1CCCC1)S(=O)(=O)CCC(=O)O. The number of carboxylic acids is 1. The third kappa shape index (κ3) is 4.09. The summed E-state index contributed by atoms with van der Waals surface area (Å²) in [4.78, 5) is 10.3. The molecular formula is C10H19NO4S. The van der Waals surface area contributed by atoms with Crippen molar-refractivity contribution >= 4 is 16.0 Å². The third-order valence-electron chi connectivity index (χ3n) is 3.04. The van der Waals surface area contributed by atoms with E-state index in [0.717, 1.165) is 12.8 Å². The molecule has 0 spiro atoms. The summed E-state index contributed by atoms with van der Waals surface area (Å²) in [5.74, 6) is -0.923. The predicted octanol–water partition coefficient (Wildman–Crippen LogP) is 0.913. The molecule has 0 aromatic carbocycles. The average Bonchev–Trinajstić information content (AvgIpc) is 2.67. The van der Waals surface area contributed by atoms with Gasteiger partial charge in [-0.15, -0.1) is 0 Å². The van der Waals surface area contributed by atoms with Crippen LogP contribution in [-0.4, -0.2) is 43.1 Å². The Labute approximate surface area is 96.5 Å². The Balaban J connectivity index is 2.44. The molecule has 94 valence electrons. The molecule has 0 unspecified atom stereocenters. The van der Waals surface area contributed by atoms with Crippen molar-refractivity contribution in [1.29, 1.82) is 0 Å². The van der Waals surface area contributed by atoms with Gasteiger partial charge >= 0.3 is 5.97 Å². The molecule has 1 saturated carbocycles. The minimum absolute atomic E-state index is 0.300. The van der Waals surface area contributed by atoms with E-state index in [2.05, 4.69) is 0 Å². The molecule has 0 amide bonds. The molecule has 1 fully saturated rings. The zero-order valence-corrected chi connectivity index (χ0v) is 10.4. The zero-order valence-electron chi connectivity index (χ0n) is 9.55. The van der Waals surface area contributed by atoms with Crippen molar-refractivity contribution in [2.45, 2.75) is 32.1 Å². The molecule has 1 aliphatic carbocycles. The Hall–Kier alpha value is -0.620. The molecule has 1 N–H and O–H groups in total. The Morgan fingerprint density at radius 2 is 1.94 bits per heavy atom. The predicted molar refractivity (Wildman–Crippen MR) is 60.6 cm³/mol. The first-order valence-corrected chi connectivity index (χ1v) is 7.18. The highest BCUT2D eigenvalue weighted by atomic mass is 32.2. The maximum Gasteiger partial charge on any atom is 0.304 e. The highest BCUT2D eigenvalue weighted by Gasteiger charge is 2.24. The zero-order chi connectivity index (χ0) is 12.2. The molecule has 0 bridgehead atoms. The lowest BCUT2D eigenvalue weighted by molar-refractivity contribution is -0.136. The van der Waals surface area contributed by atoms with E-state index in [1.54, 1.807) is 0 Å². The smallest absolute Gasteiger partial charge is 0.304 e. The number of nitrogens with zero attached hydrogens (tertiary/aromatic N) is 1. The number of rotatable bonds is 6. The van der Waals surface area contributed by atoms with Crippen LogP contribution in [0.25, 0.3) is 0 Å². The van der Waals surface area contributed by atoms with E-state index < -0.39 is 16.0 Å². The maximum absolute atomic E-state index is 11.7. The summed E-state index contributed by atoms with van der Waals surface area (Å²) in [5, 5.41) is 8.46. The van der Waals surface area contributed by atoms with E-state index in [4.69, 9.17) is 5.11 Å². The van der Waals surface area contributed by atoms with Crippen molar-refractivity contribution in [3.63, 3.8) is 0 Å². The van der Waals surface area contributed by atoms with Crippen LogP contribution in [0.15, 0.2) is 0 Å². The lowest BCUT2D eigenvalue weighted by atomic mass is 10.1. The Morgan fingerprint density at radius 1 is 1.38 bits per heavy atom. The van der Waals surface area contributed by atoms with Crippen LogP contribution in [0.3, 0.4) is 0 Å². The summed E-state index contributed by atoms with van der Waals surface area (Å²) in [5.41, 5.74) is 0. The van der Waals surface area contributed by atoms with Gasteiger partial charge in [-0.3, -0.25) is 4.79 Å². The number of carbonyl (C=O) groups is 1. The summed E-state index contributed by atoms with van der Waals surface area (Å²) in [6.45, 7) is 0.530. The van der Waals surface area contributed by atoms with Crippen LogP contribution in [0.4, 0.5) is 0 Å². The van der Waals surface area contributed by atoms with Crippen molar-refractivity contribution < 1.29 is 18.3 Å². The fourth-order valence-electron chi connectivity index (χ4n) is 2.04. The fraction of sp³-hybridized carbons (Fsp3) is 0.900. The molecule has 0 radical (unpaired) electrons. The molecule has 0 saturated heterocycles. The van der Waals surface area contributed by atoms with Crippen LogP contribution in [-0.2, 0) is 14.8 Å². The van der Waals surface area contributed by atoms with Gasteiger partial charge in [0, 0.05) is 13.6 Å². The van der Waals surface area contributed by atoms with E-state index in [1.807, 2.05) is 0 Å². The van der Waals surface area contributed by atoms with Crippen molar-refractivity contribution in [3.8, 4) is 0 Å². The maximum atomic E-state index is 11.7. The van der Waals surface area contributed by atoms with Crippen LogP contribution in [0.2, 0.25) is 0 Å². The monoisotopic (exact) mass is 249 g/mol. The first-order chi connectivity index (χ1) is 7.42. The number of hydrogen-bond acceptors (Lipinski definition) is 3. The van der Waals surface area contributed by atoms with E-state index >= 15 is 0 Å². The van der Waals surface area contributed by atoms with Crippen molar-refractivity contribution in [3.05, 3.63) is 0 Å². The molecule has 1 rings (SSSR count). The van der Waals surface area contributed by atoms with Crippen LogP contribution < -0.4 is 0 Å². The van der Waals surface area contributed by atoms with Gasteiger partial charge in [0.25, 0.3) is 0 Å². The van der Waals surface area contributed by atoms with Gasteiger partial charge in [-0.1, -0.05) is 12.8 Å². The van der Waals surface area contributed by atoms with Crippen LogP contribution in [0.5, 0.6) is 0 Å². The van der Waals surface area contributed by atoms with E-state index in [1.165, 1.54) is 24.2 Å². The summed E-state index contributed by atoms with van der Waals surface area (Å²) < 4.78 is 24.7. The molecule has 6 heteroatoms. The fourth-order valence-corrected chi connectivity index (χ4v) is 3.22. The molecule has 0 atom stereocenters. The highest BCUT2D eigenvalue weighted by Crippen LogP contribution is 2.25. The van der Waals surface area contributed by atoms with Gasteiger partial charge in [-0.25, -0.2) is 12.7 Å². The molecule has 0 heterocycles. The first kappa shape index (κ1) is 13.4. The van der Waals surface area contributed by atoms with Gasteiger partial charge < -0.3 is 5.11 Å². The Bertz CT molecular complexity index is 333. The van der Waals surface area contributed by atoms with Gasteiger partial charge in [0.2, 0.25) is 10.0 Å². The second-order valence-corrected chi connectivity index (χ2v) is 6.59. The molecule has 16 heavy (non-hydrogen) atoms. The van der Waals surface area contributed by atoms with Crippen LogP contribution >= 0.6 is 0 Å². The average molecular weight is 249 g/mol. The molecule has 0 aromatic heterocycles. The van der Waals surface area contributed by atoms with E-state index in [0.29, 0.717) is 12.5 Å². The second kappa shape index (κ2) is 5.63. The first-order valence-electron chi connectivity index (χ1n) is 5.57. The van der Waals surface area contributed by atoms with Gasteiger partial charge in [0.1, 0.15) is 0 Å². The summed E-state index contributed by atoms with van der Waals surface area (Å²) in [6.07, 6.45) is 4.19. The van der Waals surface area contributed by atoms with Crippen LogP contribution in [0, 0.1) is 5.92 Å². The number of sulfonamides is 1. The van der Waals surface area contributed by atoms with Gasteiger partial charge in [-0.05, 0) is 18.8 Å². The van der Waals surface area contributed by atoms with E-state index in [-0.39, 0.29) is 12.2 Å². The standard InChI is InChI=1S/C10H19NO4S/c1-11(8-9-4-2-3-5-9)16(14,15)7-6-10(12)13/h9H,2-8H2,1H3,(H,12,13). The molecular weight excluding hydrogens is 230 g/mol. The molecule has 0 aliphatic heterocycles. The number of hydrogen-bond donors (Lipinski definition) is 1. The van der Waals surface area contributed by atoms with Gasteiger partial charge in [-0.2, -0.15) is 0 Å². The quantitative estimate of drug-likeness (QED) is 0.759. The highest BCUT2D eigenvalue weighted by molar-refractivity contribution is 7.89. The Morgan fingerprint density at radius 3 is 2.44 bits per heavy atom. The summed E-state index contributed by atoms with van der Waals surface area (Å²) in [6, 6.07) is 0. The van der Waals surface area contributed by atoms with E-state index in [9.17, 15) is 13.2 Å². The van der Waals surface area contributed by atoms with Gasteiger partial charge in [0.15, 0.2) is 0 Å². The summed E-state index contributed by atoms with van der Waals surface area (Å²) in [7, 11) is -1.85. The van der Waals surface area contributed by atoms with Crippen molar-refractivity contribution in [1.82, 2.24) is 4.31 Å². The minimum atomic E-state index is -3.39. The van der Waals surface area contributed by atoms with Crippen molar-refractivity contribution in [2.24, 2.45) is 5.92 Å². The summed E-state index contributed by atoms with van der Waals surface area (Å²) >= 11 is 0. The second-order valence-electron chi connectivity index (χ2n) is 4.39. The number of carboxylic acid groups (broad SMARTS) is 1. The number of aliphatic carboxylic acids is 1. The molecule has 5 nitrogen and oxygen atoms in total. The topological polar surface area (TPSA) is 74.7 Å². The van der Waals surface area contributed by atoms with Gasteiger partial charge in [0.05, 0.1) is 12.2 Å². The molecule has 1 aliphatic rings. The lowest BCUT2D eigenvalue weighted by Gasteiger charge is -2.20. The molecule has 0 aromatic rings.